The highest BCUT2D eigenvalue weighted by atomic mass is 16.2. The number of ketones is 1. The van der Waals surface area contributed by atoms with E-state index in [0.717, 1.165) is 44.9 Å². The molecule has 0 spiro atoms. The fraction of sp³-hybridized carbons (Fsp3) is 0.800. The topological polar surface area (TPSA) is 37.4 Å². The van der Waals surface area contributed by atoms with Crippen molar-refractivity contribution in [3.63, 3.8) is 0 Å². The van der Waals surface area contributed by atoms with Crippen LogP contribution in [-0.2, 0) is 9.59 Å². The van der Waals surface area contributed by atoms with Crippen LogP contribution in [0.5, 0.6) is 0 Å². The second-order valence-corrected chi connectivity index (χ2v) is 6.97. The van der Waals surface area contributed by atoms with Gasteiger partial charge in [-0.3, -0.25) is 9.59 Å². The van der Waals surface area contributed by atoms with Crippen LogP contribution in [0, 0.1) is 23.7 Å². The van der Waals surface area contributed by atoms with Gasteiger partial charge in [0.1, 0.15) is 5.78 Å². The monoisotopic (exact) mass is 321 g/mol. The van der Waals surface area contributed by atoms with Crippen LogP contribution in [0.4, 0.5) is 0 Å². The van der Waals surface area contributed by atoms with Gasteiger partial charge in [0.2, 0.25) is 5.91 Å². The van der Waals surface area contributed by atoms with Crippen LogP contribution in [0.1, 0.15) is 79.1 Å². The first-order chi connectivity index (χ1) is 10.8. The highest BCUT2D eigenvalue weighted by molar-refractivity contribution is 5.80. The molecule has 0 aliphatic rings. The third-order valence-electron chi connectivity index (χ3n) is 3.84. The highest BCUT2D eigenvalue weighted by Gasteiger charge is 2.07. The third kappa shape index (κ3) is 12.9. The zero-order chi connectivity index (χ0) is 17.7. The molecule has 0 rings (SSSR count). The van der Waals surface area contributed by atoms with E-state index in [1.165, 1.54) is 0 Å². The van der Waals surface area contributed by atoms with E-state index in [1.807, 2.05) is 34.7 Å². The molecule has 0 saturated carbocycles. The van der Waals surface area contributed by atoms with Crippen molar-refractivity contribution in [1.29, 1.82) is 0 Å². The number of Topliss-reactive ketones (excluding diaryl/α,β-unsaturated/α-hetero) is 1. The molecule has 1 amide bonds. The summed E-state index contributed by atoms with van der Waals surface area (Å²) in [6.07, 6.45) is 7.82. The van der Waals surface area contributed by atoms with Gasteiger partial charge in [0.15, 0.2) is 0 Å². The predicted octanol–water partition coefficient (Wildman–Crippen LogP) is 4.45. The van der Waals surface area contributed by atoms with Gasteiger partial charge in [-0.15, -0.1) is 0 Å². The maximum Gasteiger partial charge on any atom is 0.223 e. The van der Waals surface area contributed by atoms with Gasteiger partial charge in [0.25, 0.3) is 0 Å². The van der Waals surface area contributed by atoms with E-state index in [0.29, 0.717) is 24.7 Å². The van der Waals surface area contributed by atoms with Crippen molar-refractivity contribution in [3.05, 3.63) is 0 Å². The van der Waals surface area contributed by atoms with E-state index in [2.05, 4.69) is 11.8 Å². The van der Waals surface area contributed by atoms with Gasteiger partial charge in [-0.1, -0.05) is 65.2 Å². The molecule has 132 valence electrons. The molecule has 0 N–H and O–H groups in total. The Morgan fingerprint density at radius 1 is 0.870 bits per heavy atom. The standard InChI is InChI=1S/C20H35NO2/c1-17(2)13-12-16-21(5)20(23)15-11-9-7-6-8-10-14-19(22)18(3)4/h17-18H,6-11,14-16H2,1-5H3. The number of carbonyl (C=O) groups is 2. The maximum atomic E-state index is 11.9. The highest BCUT2D eigenvalue weighted by Crippen LogP contribution is 2.11. The first kappa shape index (κ1) is 21.7. The van der Waals surface area contributed by atoms with E-state index in [1.54, 1.807) is 4.90 Å². The lowest BCUT2D eigenvalue weighted by atomic mass is 10.0. The summed E-state index contributed by atoms with van der Waals surface area (Å²) < 4.78 is 0. The summed E-state index contributed by atoms with van der Waals surface area (Å²) in [5.74, 6) is 7.19. The second-order valence-electron chi connectivity index (χ2n) is 6.97. The van der Waals surface area contributed by atoms with Crippen molar-refractivity contribution < 1.29 is 9.59 Å². The zero-order valence-electron chi connectivity index (χ0n) is 15.8. The van der Waals surface area contributed by atoms with Gasteiger partial charge >= 0.3 is 0 Å². The SMILES string of the molecule is CC(C)C#CCN(C)C(=O)CCCCCCCCC(=O)C(C)C. The number of unbranched alkanes of at least 4 members (excludes halogenated alkanes) is 5. The number of rotatable bonds is 11. The molecule has 3 heteroatoms. The first-order valence-corrected chi connectivity index (χ1v) is 9.09. The minimum Gasteiger partial charge on any atom is -0.335 e. The Morgan fingerprint density at radius 2 is 1.39 bits per heavy atom. The van der Waals surface area contributed by atoms with E-state index in [4.69, 9.17) is 0 Å². The first-order valence-electron chi connectivity index (χ1n) is 9.09. The minimum atomic E-state index is 0.170. The number of hydrogen-bond donors (Lipinski definition) is 0. The molecule has 23 heavy (non-hydrogen) atoms. The molecule has 0 radical (unpaired) electrons. The Balaban J connectivity index is 3.56. The Hall–Kier alpha value is -1.30. The van der Waals surface area contributed by atoms with E-state index < -0.39 is 0 Å². The summed E-state index contributed by atoms with van der Waals surface area (Å²) in [4.78, 5) is 25.1. The van der Waals surface area contributed by atoms with Crippen LogP contribution < -0.4 is 0 Å². The largest absolute Gasteiger partial charge is 0.335 e. The maximum absolute atomic E-state index is 11.9. The molecule has 0 aromatic rings. The summed E-state index contributed by atoms with van der Waals surface area (Å²) in [7, 11) is 1.82. The molecule has 0 fully saturated rings. The van der Waals surface area contributed by atoms with Gasteiger partial charge in [0, 0.05) is 31.7 Å². The number of carbonyl (C=O) groups excluding carboxylic acids is 2. The van der Waals surface area contributed by atoms with Crippen molar-refractivity contribution in [3.8, 4) is 11.8 Å². The van der Waals surface area contributed by atoms with Crippen molar-refractivity contribution in [2.45, 2.75) is 79.1 Å². The lowest BCUT2D eigenvalue weighted by molar-refractivity contribution is -0.129. The van der Waals surface area contributed by atoms with E-state index >= 15 is 0 Å². The average molecular weight is 322 g/mol. The van der Waals surface area contributed by atoms with E-state index in [-0.39, 0.29) is 11.8 Å². The van der Waals surface area contributed by atoms with Crippen LogP contribution in [0.15, 0.2) is 0 Å². The van der Waals surface area contributed by atoms with Gasteiger partial charge in [-0.2, -0.15) is 0 Å². The summed E-state index contributed by atoms with van der Waals surface area (Å²) >= 11 is 0. The number of hydrogen-bond acceptors (Lipinski definition) is 2. The van der Waals surface area contributed by atoms with Gasteiger partial charge in [-0.05, 0) is 12.8 Å². The van der Waals surface area contributed by atoms with E-state index in [9.17, 15) is 9.59 Å². The minimum absolute atomic E-state index is 0.170. The summed E-state index contributed by atoms with van der Waals surface area (Å²) in [6, 6.07) is 0. The molecule has 0 aromatic carbocycles. The lowest BCUT2D eigenvalue weighted by Crippen LogP contribution is -2.26. The molecule has 3 nitrogen and oxygen atoms in total. The molecule has 0 saturated heterocycles. The second kappa shape index (κ2) is 13.2. The molecular formula is C20H35NO2. The van der Waals surface area contributed by atoms with Gasteiger partial charge in [-0.25, -0.2) is 0 Å². The molecule has 0 heterocycles. The Kier molecular flexibility index (Phi) is 12.4. The molecule has 0 unspecified atom stereocenters. The summed E-state index contributed by atoms with van der Waals surface area (Å²) in [5, 5.41) is 0. The molecule has 0 aliphatic heterocycles. The lowest BCUT2D eigenvalue weighted by Gasteiger charge is -2.13. The molecule has 0 aliphatic carbocycles. The smallest absolute Gasteiger partial charge is 0.223 e. The predicted molar refractivity (Wildman–Crippen MR) is 97.0 cm³/mol. The summed E-state index contributed by atoms with van der Waals surface area (Å²) in [6.45, 7) is 8.55. The van der Waals surface area contributed by atoms with Crippen LogP contribution >= 0.6 is 0 Å². The van der Waals surface area contributed by atoms with Crippen molar-refractivity contribution in [1.82, 2.24) is 4.90 Å². The molecule has 0 aromatic heterocycles. The Bertz CT molecular complexity index is 402. The Labute approximate surface area is 143 Å². The average Bonchev–Trinajstić information content (AvgIpc) is 2.48. The zero-order valence-corrected chi connectivity index (χ0v) is 15.8. The van der Waals surface area contributed by atoms with Gasteiger partial charge in [0.05, 0.1) is 6.54 Å². The van der Waals surface area contributed by atoms with Gasteiger partial charge < -0.3 is 4.90 Å². The number of amides is 1. The van der Waals surface area contributed by atoms with Crippen LogP contribution in [0.3, 0.4) is 0 Å². The van der Waals surface area contributed by atoms with Crippen molar-refractivity contribution in [2.24, 2.45) is 11.8 Å². The quantitative estimate of drug-likeness (QED) is 0.416. The van der Waals surface area contributed by atoms with Crippen LogP contribution in [0.2, 0.25) is 0 Å². The van der Waals surface area contributed by atoms with Crippen LogP contribution in [0.25, 0.3) is 0 Å². The summed E-state index contributed by atoms with van der Waals surface area (Å²) in [5.41, 5.74) is 0. The van der Waals surface area contributed by atoms with Crippen molar-refractivity contribution >= 4 is 11.7 Å². The fourth-order valence-corrected chi connectivity index (χ4v) is 2.22. The van der Waals surface area contributed by atoms with Crippen molar-refractivity contribution in [2.75, 3.05) is 13.6 Å². The fourth-order valence-electron chi connectivity index (χ4n) is 2.22. The van der Waals surface area contributed by atoms with Crippen LogP contribution in [-0.4, -0.2) is 30.2 Å². The molecular weight excluding hydrogens is 286 g/mol. The molecule has 0 bridgehead atoms. The molecule has 0 atom stereocenters. The Morgan fingerprint density at radius 3 is 1.91 bits per heavy atom. The normalized spacial score (nSPS) is 10.6. The third-order valence-corrected chi connectivity index (χ3v) is 3.84. The number of nitrogens with zero attached hydrogens (tertiary/aromatic N) is 1.